The van der Waals surface area contributed by atoms with Crippen LogP contribution in [0.2, 0.25) is 0 Å². The molecule has 0 aromatic carbocycles. The molecule has 0 radical (unpaired) electrons. The maximum Gasteiger partial charge on any atom is 0.490 e. The lowest BCUT2D eigenvalue weighted by atomic mass is 10.4. The molecule has 0 spiro atoms. The van der Waals surface area contributed by atoms with Gasteiger partial charge in [-0.2, -0.15) is 13.6 Å². The highest BCUT2D eigenvalue weighted by molar-refractivity contribution is 7.66. The van der Waals surface area contributed by atoms with Crippen LogP contribution in [0.15, 0.2) is 29.2 Å². The minimum Gasteiger partial charge on any atom is -0.383 e. The van der Waals surface area contributed by atoms with E-state index in [1.54, 1.807) is 0 Å². The number of hydrogen-bond donors (Lipinski definition) is 5. The molecule has 0 saturated heterocycles. The van der Waals surface area contributed by atoms with Crippen LogP contribution in [0, 0.1) is 0 Å². The van der Waals surface area contributed by atoms with Crippen molar-refractivity contribution in [3.05, 3.63) is 34.9 Å². The van der Waals surface area contributed by atoms with Crippen molar-refractivity contribution in [3.63, 3.8) is 0 Å². The largest absolute Gasteiger partial charge is 0.490 e. The van der Waals surface area contributed by atoms with Gasteiger partial charge in [0, 0.05) is 6.20 Å². The summed E-state index contributed by atoms with van der Waals surface area (Å²) in [7, 11) is -16.3. The lowest BCUT2D eigenvalue weighted by Gasteiger charge is -2.19. The summed E-state index contributed by atoms with van der Waals surface area (Å²) in [4.78, 5) is 50.4. The number of phosphoric acid groups is 3. The summed E-state index contributed by atoms with van der Waals surface area (Å²) in [6.07, 6.45) is 2.19. The molecular weight excluding hydrogens is 435 g/mol. The fourth-order valence-corrected chi connectivity index (χ4v) is 4.86. The van der Waals surface area contributed by atoms with Gasteiger partial charge in [0.1, 0.15) is 11.9 Å². The van der Waals surface area contributed by atoms with E-state index in [4.69, 9.17) is 25.2 Å². The fourth-order valence-electron chi connectivity index (χ4n) is 1.83. The molecule has 0 aliphatic carbocycles. The van der Waals surface area contributed by atoms with Gasteiger partial charge in [0.2, 0.25) is 0 Å². The van der Waals surface area contributed by atoms with Gasteiger partial charge in [-0.15, -0.1) is 0 Å². The quantitative estimate of drug-likeness (QED) is 0.252. The van der Waals surface area contributed by atoms with E-state index in [-0.39, 0.29) is 5.82 Å². The van der Waals surface area contributed by atoms with Crippen molar-refractivity contribution in [3.8, 4) is 0 Å². The van der Waals surface area contributed by atoms with Gasteiger partial charge in [-0.05, 0) is 12.1 Å². The Balaban J connectivity index is 1.92. The topological polar surface area (TPSA) is 230 Å². The van der Waals surface area contributed by atoms with E-state index >= 15 is 0 Å². The molecule has 1 aromatic heterocycles. The molecule has 18 heteroatoms. The smallest absolute Gasteiger partial charge is 0.383 e. The normalized spacial score (nSPS) is 24.4. The summed E-state index contributed by atoms with van der Waals surface area (Å²) >= 11 is 0. The van der Waals surface area contributed by atoms with Crippen molar-refractivity contribution in [1.82, 2.24) is 9.55 Å². The van der Waals surface area contributed by atoms with Crippen LogP contribution in [0.5, 0.6) is 0 Å². The van der Waals surface area contributed by atoms with E-state index < -0.39 is 48.1 Å². The van der Waals surface area contributed by atoms with E-state index in [1.165, 1.54) is 24.4 Å². The SMILES string of the molecule is Nc1ccn([C@@H]2C=C[C@H](COP(=O)(O)OP(=O)(O)OP(=O)(O)O)O2)c(=O)n1. The van der Waals surface area contributed by atoms with E-state index in [0.717, 1.165) is 4.57 Å². The summed E-state index contributed by atoms with van der Waals surface area (Å²) in [5, 5.41) is 0. The first kappa shape index (κ1) is 22.1. The number of phosphoric ester groups is 1. The first-order chi connectivity index (χ1) is 12.3. The minimum atomic E-state index is -5.59. The van der Waals surface area contributed by atoms with Gasteiger partial charge in [0.15, 0.2) is 6.23 Å². The predicted molar refractivity (Wildman–Crippen MR) is 85.8 cm³/mol. The van der Waals surface area contributed by atoms with Crippen molar-refractivity contribution in [2.45, 2.75) is 12.3 Å². The maximum atomic E-state index is 11.7. The Morgan fingerprint density at radius 3 is 2.41 bits per heavy atom. The molecule has 4 atom stereocenters. The van der Waals surface area contributed by atoms with E-state index in [9.17, 15) is 23.4 Å². The molecule has 0 bridgehead atoms. The Hall–Kier alpha value is -1.21. The van der Waals surface area contributed by atoms with E-state index in [2.05, 4.69) is 18.1 Å². The van der Waals surface area contributed by atoms with Gasteiger partial charge < -0.3 is 30.0 Å². The molecule has 1 aromatic rings. The number of aromatic nitrogens is 2. The van der Waals surface area contributed by atoms with Crippen molar-refractivity contribution >= 4 is 29.3 Å². The molecule has 2 unspecified atom stereocenters. The molecule has 0 fully saturated rings. The molecule has 0 saturated carbocycles. The van der Waals surface area contributed by atoms with Gasteiger partial charge in [-0.25, -0.2) is 18.5 Å². The van der Waals surface area contributed by atoms with Crippen molar-refractivity contribution in [2.24, 2.45) is 0 Å². The molecule has 1 aliphatic rings. The van der Waals surface area contributed by atoms with Gasteiger partial charge in [-0.3, -0.25) is 9.09 Å². The van der Waals surface area contributed by atoms with Gasteiger partial charge in [0.25, 0.3) is 0 Å². The van der Waals surface area contributed by atoms with Crippen molar-refractivity contribution < 1.29 is 51.2 Å². The average molecular weight is 449 g/mol. The predicted octanol–water partition coefficient (Wildman–Crippen LogP) is -0.378. The van der Waals surface area contributed by atoms with Crippen LogP contribution in [-0.4, -0.2) is 41.8 Å². The Kier molecular flexibility index (Phi) is 6.57. The summed E-state index contributed by atoms with van der Waals surface area (Å²) in [6.45, 7) is -0.673. The van der Waals surface area contributed by atoms with Crippen LogP contribution in [0.1, 0.15) is 6.23 Å². The molecule has 2 rings (SSSR count). The molecule has 0 amide bonds. The summed E-state index contributed by atoms with van der Waals surface area (Å²) in [5.74, 6) is 0.00226. The fraction of sp³-hybridized carbons (Fsp3) is 0.333. The number of hydrogen-bond acceptors (Lipinski definition) is 10. The third kappa shape index (κ3) is 7.03. The van der Waals surface area contributed by atoms with Gasteiger partial charge in [-0.1, -0.05) is 6.08 Å². The summed E-state index contributed by atoms with van der Waals surface area (Å²) < 4.78 is 51.3. The zero-order chi connectivity index (χ0) is 20.5. The Bertz CT molecular complexity index is 924. The highest BCUT2D eigenvalue weighted by Gasteiger charge is 2.41. The lowest BCUT2D eigenvalue weighted by molar-refractivity contribution is -0.0103. The molecule has 15 nitrogen and oxygen atoms in total. The number of nitrogens with zero attached hydrogens (tertiary/aromatic N) is 2. The van der Waals surface area contributed by atoms with Crippen LogP contribution in [-0.2, 0) is 31.6 Å². The Labute approximate surface area is 150 Å². The monoisotopic (exact) mass is 449 g/mol. The second-order valence-electron chi connectivity index (χ2n) is 4.88. The average Bonchev–Trinajstić information content (AvgIpc) is 2.90. The molecule has 2 heterocycles. The van der Waals surface area contributed by atoms with Crippen LogP contribution in [0.25, 0.3) is 0 Å². The maximum absolute atomic E-state index is 11.7. The second kappa shape index (κ2) is 8.03. The Morgan fingerprint density at radius 1 is 1.15 bits per heavy atom. The molecular formula is C9H14N3O12P3. The van der Waals surface area contributed by atoms with Gasteiger partial charge in [0.05, 0.1) is 6.61 Å². The van der Waals surface area contributed by atoms with Crippen molar-refractivity contribution in [1.29, 1.82) is 0 Å². The number of anilines is 1. The summed E-state index contributed by atoms with van der Waals surface area (Å²) in [6, 6.07) is 1.35. The van der Waals surface area contributed by atoms with E-state index in [1.807, 2.05) is 0 Å². The summed E-state index contributed by atoms with van der Waals surface area (Å²) in [5.41, 5.74) is 4.65. The first-order valence-electron chi connectivity index (χ1n) is 6.73. The van der Waals surface area contributed by atoms with E-state index in [0.29, 0.717) is 0 Å². The second-order valence-corrected chi connectivity index (χ2v) is 9.30. The van der Waals surface area contributed by atoms with Crippen molar-refractivity contribution in [2.75, 3.05) is 12.3 Å². The van der Waals surface area contributed by atoms with Crippen LogP contribution >= 0.6 is 23.5 Å². The number of nitrogens with two attached hydrogens (primary N) is 1. The zero-order valence-electron chi connectivity index (χ0n) is 13.0. The molecule has 1 aliphatic heterocycles. The van der Waals surface area contributed by atoms with Crippen LogP contribution < -0.4 is 11.4 Å². The number of rotatable bonds is 8. The van der Waals surface area contributed by atoms with Crippen LogP contribution in [0.4, 0.5) is 5.82 Å². The Morgan fingerprint density at radius 2 is 1.81 bits per heavy atom. The third-order valence-corrected chi connectivity index (χ3v) is 6.55. The molecule has 27 heavy (non-hydrogen) atoms. The minimum absolute atomic E-state index is 0.00226. The lowest BCUT2D eigenvalue weighted by Crippen LogP contribution is -2.28. The number of nitrogen functional groups attached to an aromatic ring is 1. The highest BCUT2D eigenvalue weighted by atomic mass is 31.3. The first-order valence-corrected chi connectivity index (χ1v) is 11.3. The molecule has 6 N–H and O–H groups in total. The molecule has 152 valence electrons. The van der Waals surface area contributed by atoms with Crippen LogP contribution in [0.3, 0.4) is 0 Å². The number of ether oxygens (including phenoxy) is 1. The zero-order valence-corrected chi connectivity index (χ0v) is 15.7. The third-order valence-electron chi connectivity index (χ3n) is 2.75. The van der Waals surface area contributed by atoms with Gasteiger partial charge >= 0.3 is 29.2 Å². The highest BCUT2D eigenvalue weighted by Crippen LogP contribution is 2.66. The standard InChI is InChI=1S/C9H14N3O12P3/c10-7-3-4-12(9(13)11-7)8-2-1-6(22-8)5-21-26(17,18)24-27(19,20)23-25(14,15)16/h1-4,6,8H,5H2,(H,17,18)(H,19,20)(H2,10,11,13)(H2,14,15,16)/t6-,8+/m1/s1.